The molecule has 0 aromatic carbocycles. The van der Waals surface area contributed by atoms with Crippen molar-refractivity contribution in [3.8, 4) is 0 Å². The second kappa shape index (κ2) is 2.16. The molecule has 1 N–H and O–H groups in total. The van der Waals surface area contributed by atoms with Gasteiger partial charge in [-0.3, -0.25) is 0 Å². The van der Waals surface area contributed by atoms with Crippen LogP contribution in [0.25, 0.3) is 0 Å². The van der Waals surface area contributed by atoms with Crippen molar-refractivity contribution in [1.29, 1.82) is 0 Å². The van der Waals surface area contributed by atoms with Crippen LogP contribution in [0.1, 0.15) is 0 Å². The monoisotopic (exact) mass is 112 g/mol. The molecule has 1 nitrogen and oxygen atoms in total. The molecular formula is C3H5F3N. The quantitative estimate of drug-likeness (QED) is 0.532. The highest BCUT2D eigenvalue weighted by Gasteiger charge is 2.24. The minimum absolute atomic E-state index is 1.02. The van der Waals surface area contributed by atoms with Crippen LogP contribution in [0.4, 0.5) is 13.2 Å². The molecule has 0 atom stereocenters. The minimum atomic E-state index is -4.12. The van der Waals surface area contributed by atoms with Crippen LogP contribution in [-0.2, 0) is 0 Å². The molecule has 0 spiro atoms. The van der Waals surface area contributed by atoms with Gasteiger partial charge in [0.2, 0.25) is 0 Å². The zero-order chi connectivity index (χ0) is 5.91. The summed E-state index contributed by atoms with van der Waals surface area (Å²) >= 11 is 0. The van der Waals surface area contributed by atoms with Crippen molar-refractivity contribution in [2.45, 2.75) is 6.18 Å². The number of halogens is 3. The fourth-order valence-electron chi connectivity index (χ4n) is 0.142. The van der Waals surface area contributed by atoms with Crippen LogP contribution in [0.15, 0.2) is 0 Å². The second-order valence-electron chi connectivity index (χ2n) is 1.04. The first-order valence-electron chi connectivity index (χ1n) is 1.63. The predicted octanol–water partition coefficient (Wildman–Crippen LogP) is 0.930. The summed E-state index contributed by atoms with van der Waals surface area (Å²) in [5.41, 5.74) is 0. The van der Waals surface area contributed by atoms with Gasteiger partial charge in [0.05, 0.1) is 6.54 Å². The van der Waals surface area contributed by atoms with Crippen molar-refractivity contribution in [1.82, 2.24) is 5.32 Å². The summed E-state index contributed by atoms with van der Waals surface area (Å²) < 4.78 is 32.9. The van der Waals surface area contributed by atoms with E-state index in [-0.39, 0.29) is 0 Å². The SMILES string of the molecule is [CH2]NCC(F)(F)F. The molecule has 0 unspecified atom stereocenters. The largest absolute Gasteiger partial charge is 0.401 e. The fraction of sp³-hybridized carbons (Fsp3) is 0.667. The van der Waals surface area contributed by atoms with Crippen LogP contribution in [0.3, 0.4) is 0 Å². The van der Waals surface area contributed by atoms with Crippen molar-refractivity contribution in [2.24, 2.45) is 0 Å². The minimum Gasteiger partial charge on any atom is -0.307 e. The van der Waals surface area contributed by atoms with Crippen LogP contribution in [0.2, 0.25) is 0 Å². The first-order valence-corrected chi connectivity index (χ1v) is 1.63. The molecule has 0 heterocycles. The Bertz CT molecular complexity index is 48.6. The van der Waals surface area contributed by atoms with Gasteiger partial charge in [-0.05, 0) is 0 Å². The topological polar surface area (TPSA) is 12.0 Å². The van der Waals surface area contributed by atoms with E-state index < -0.39 is 12.7 Å². The van der Waals surface area contributed by atoms with Crippen molar-refractivity contribution in [2.75, 3.05) is 6.54 Å². The number of hydrogen-bond donors (Lipinski definition) is 1. The van der Waals surface area contributed by atoms with Gasteiger partial charge in [-0.1, -0.05) is 0 Å². The van der Waals surface area contributed by atoms with E-state index in [1.807, 2.05) is 0 Å². The lowest BCUT2D eigenvalue weighted by molar-refractivity contribution is -0.122. The maximum atomic E-state index is 11.0. The van der Waals surface area contributed by atoms with E-state index in [0.717, 1.165) is 0 Å². The summed E-state index contributed by atoms with van der Waals surface area (Å²) in [5, 5.41) is 1.73. The van der Waals surface area contributed by atoms with Crippen LogP contribution in [0.5, 0.6) is 0 Å². The van der Waals surface area contributed by atoms with Crippen LogP contribution >= 0.6 is 0 Å². The molecule has 0 rings (SSSR count). The molecule has 1 radical (unpaired) electrons. The van der Waals surface area contributed by atoms with Gasteiger partial charge in [0.25, 0.3) is 0 Å². The molecule has 4 heteroatoms. The van der Waals surface area contributed by atoms with E-state index in [1.54, 1.807) is 5.32 Å². The summed E-state index contributed by atoms with van der Waals surface area (Å²) in [5.74, 6) is 0. The lowest BCUT2D eigenvalue weighted by Gasteiger charge is -2.01. The van der Waals surface area contributed by atoms with Gasteiger partial charge in [0.15, 0.2) is 0 Å². The van der Waals surface area contributed by atoms with Gasteiger partial charge >= 0.3 is 6.18 Å². The number of nitrogens with one attached hydrogen (secondary N) is 1. The number of hydrogen-bond acceptors (Lipinski definition) is 1. The molecule has 7 heavy (non-hydrogen) atoms. The van der Waals surface area contributed by atoms with Gasteiger partial charge in [0.1, 0.15) is 0 Å². The molecule has 0 bridgehead atoms. The molecule has 43 valence electrons. The Morgan fingerprint density at radius 1 is 1.43 bits per heavy atom. The molecule has 0 aliphatic rings. The highest BCUT2D eigenvalue weighted by atomic mass is 19.4. The summed E-state index contributed by atoms with van der Waals surface area (Å²) in [6, 6.07) is 0. The molecule has 0 fully saturated rings. The molecule has 0 saturated carbocycles. The van der Waals surface area contributed by atoms with Crippen molar-refractivity contribution >= 4 is 0 Å². The Labute approximate surface area is 39.5 Å². The van der Waals surface area contributed by atoms with Crippen molar-refractivity contribution in [3.05, 3.63) is 7.05 Å². The average Bonchev–Trinajstić information content (AvgIpc) is 1.30. The molecule has 0 saturated heterocycles. The molecule has 0 aliphatic carbocycles. The summed E-state index contributed by atoms with van der Waals surface area (Å²) in [6.07, 6.45) is -4.12. The third-order valence-electron chi connectivity index (χ3n) is 0.325. The highest BCUT2D eigenvalue weighted by Crippen LogP contribution is 2.11. The van der Waals surface area contributed by atoms with Crippen LogP contribution in [0, 0.1) is 7.05 Å². The zero-order valence-corrected chi connectivity index (χ0v) is 3.55. The maximum Gasteiger partial charge on any atom is 0.401 e. The van der Waals surface area contributed by atoms with Gasteiger partial charge < -0.3 is 5.32 Å². The Hall–Kier alpha value is -0.250. The van der Waals surface area contributed by atoms with Crippen LogP contribution < -0.4 is 5.32 Å². The molecule has 0 aromatic rings. The molecular weight excluding hydrogens is 107 g/mol. The molecule has 0 aliphatic heterocycles. The first-order chi connectivity index (χ1) is 3.06. The Morgan fingerprint density at radius 3 is 1.86 bits per heavy atom. The smallest absolute Gasteiger partial charge is 0.307 e. The van der Waals surface area contributed by atoms with E-state index in [0.29, 0.717) is 0 Å². The van der Waals surface area contributed by atoms with Gasteiger partial charge in [-0.2, -0.15) is 13.2 Å². The van der Waals surface area contributed by atoms with Crippen LogP contribution in [-0.4, -0.2) is 12.7 Å². The Kier molecular flexibility index (Phi) is 2.08. The standard InChI is InChI=1S/C3H5F3N/c1-7-2-3(4,5)6/h7H,1-2H2. The number of alkyl halides is 3. The third kappa shape index (κ3) is 5.75. The Balaban J connectivity index is 3.15. The zero-order valence-electron chi connectivity index (χ0n) is 3.55. The lowest BCUT2D eigenvalue weighted by Crippen LogP contribution is -2.23. The third-order valence-corrected chi connectivity index (χ3v) is 0.325. The van der Waals surface area contributed by atoms with E-state index in [2.05, 4.69) is 7.05 Å². The maximum absolute atomic E-state index is 11.0. The normalized spacial score (nSPS) is 12.0. The van der Waals surface area contributed by atoms with E-state index >= 15 is 0 Å². The Morgan fingerprint density at radius 2 is 1.86 bits per heavy atom. The average molecular weight is 112 g/mol. The van der Waals surface area contributed by atoms with Gasteiger partial charge in [-0.25, -0.2) is 0 Å². The second-order valence-corrected chi connectivity index (χ2v) is 1.04. The summed E-state index contributed by atoms with van der Waals surface area (Å²) in [6.45, 7) is -1.02. The van der Waals surface area contributed by atoms with Crippen molar-refractivity contribution in [3.63, 3.8) is 0 Å². The molecule has 0 amide bonds. The van der Waals surface area contributed by atoms with Crippen molar-refractivity contribution < 1.29 is 13.2 Å². The van der Waals surface area contributed by atoms with E-state index in [1.165, 1.54) is 0 Å². The first kappa shape index (κ1) is 6.75. The molecule has 0 aromatic heterocycles. The van der Waals surface area contributed by atoms with E-state index in [4.69, 9.17) is 0 Å². The highest BCUT2D eigenvalue weighted by molar-refractivity contribution is 4.51. The van der Waals surface area contributed by atoms with Gasteiger partial charge in [0, 0.05) is 7.05 Å². The van der Waals surface area contributed by atoms with Gasteiger partial charge in [-0.15, -0.1) is 0 Å². The van der Waals surface area contributed by atoms with E-state index in [9.17, 15) is 13.2 Å². The summed E-state index contributed by atoms with van der Waals surface area (Å²) in [4.78, 5) is 0. The predicted molar refractivity (Wildman–Crippen MR) is 19.4 cm³/mol. The fourth-order valence-corrected chi connectivity index (χ4v) is 0.142. The lowest BCUT2D eigenvalue weighted by atomic mass is 10.6. The number of rotatable bonds is 1. The summed E-state index contributed by atoms with van der Waals surface area (Å²) in [7, 11) is 2.80.